The van der Waals surface area contributed by atoms with E-state index in [-0.39, 0.29) is 0 Å². The van der Waals surface area contributed by atoms with Gasteiger partial charge in [-0.2, -0.15) is 0 Å². The largest absolute Gasteiger partial charge is 0.493 e. The number of rotatable bonds is 4. The summed E-state index contributed by atoms with van der Waals surface area (Å²) < 4.78 is 12.4. The van der Waals surface area contributed by atoms with Gasteiger partial charge in [-0.1, -0.05) is 56.3 Å². The molecule has 0 saturated carbocycles. The van der Waals surface area contributed by atoms with E-state index in [0.29, 0.717) is 25.7 Å². The Labute approximate surface area is 243 Å². The Hall–Kier alpha value is -3.80. The van der Waals surface area contributed by atoms with Crippen molar-refractivity contribution in [1.82, 2.24) is 9.88 Å². The second-order valence-electron chi connectivity index (χ2n) is 11.5. The highest BCUT2D eigenvalue weighted by Crippen LogP contribution is 2.46. The van der Waals surface area contributed by atoms with E-state index in [1.165, 1.54) is 22.1 Å². The highest BCUT2D eigenvalue weighted by atomic mass is 16.5. The molecule has 0 spiro atoms. The normalized spacial score (nSPS) is 20.0. The lowest BCUT2D eigenvalue weighted by Crippen LogP contribution is -2.53. The van der Waals surface area contributed by atoms with Crippen LogP contribution in [0.3, 0.4) is 0 Å². The van der Waals surface area contributed by atoms with Crippen LogP contribution >= 0.6 is 0 Å². The van der Waals surface area contributed by atoms with Crippen molar-refractivity contribution in [2.75, 3.05) is 32.9 Å². The van der Waals surface area contributed by atoms with Crippen molar-refractivity contribution in [3.63, 3.8) is 0 Å². The van der Waals surface area contributed by atoms with Gasteiger partial charge in [0.15, 0.2) is 0 Å². The van der Waals surface area contributed by atoms with E-state index in [9.17, 15) is 0 Å². The van der Waals surface area contributed by atoms with Gasteiger partial charge in [0.25, 0.3) is 0 Å². The molecule has 0 radical (unpaired) electrons. The number of morpholine rings is 1. The van der Waals surface area contributed by atoms with E-state index in [2.05, 4.69) is 106 Å². The minimum atomic E-state index is -0.572. The molecule has 1 unspecified atom stereocenters. The van der Waals surface area contributed by atoms with Crippen molar-refractivity contribution in [1.29, 1.82) is 0 Å². The van der Waals surface area contributed by atoms with E-state index >= 15 is 0 Å². The highest BCUT2D eigenvalue weighted by Gasteiger charge is 2.43. The fourth-order valence-electron chi connectivity index (χ4n) is 6.31. The average Bonchev–Trinajstić information content (AvgIpc) is 2.99. The number of ether oxygens (including phenoxy) is 2. The smallest absolute Gasteiger partial charge is 0.122 e. The second-order valence-corrected chi connectivity index (χ2v) is 11.5. The number of hydrogen-bond donors (Lipinski definition) is 0. The van der Waals surface area contributed by atoms with Crippen molar-refractivity contribution >= 4 is 17.0 Å². The molecule has 6 rings (SSSR count). The van der Waals surface area contributed by atoms with Gasteiger partial charge in [0, 0.05) is 49.1 Å². The molecular weight excluding hydrogens is 506 g/mol. The van der Waals surface area contributed by atoms with Gasteiger partial charge < -0.3 is 9.47 Å². The summed E-state index contributed by atoms with van der Waals surface area (Å²) in [4.78, 5) is 12.3. The molecule has 41 heavy (non-hydrogen) atoms. The van der Waals surface area contributed by atoms with Gasteiger partial charge in [0.1, 0.15) is 5.75 Å². The molecule has 2 aliphatic rings. The van der Waals surface area contributed by atoms with E-state index in [0.717, 1.165) is 53.0 Å². The van der Waals surface area contributed by atoms with E-state index in [1.807, 2.05) is 12.4 Å². The molecule has 5 nitrogen and oxygen atoms in total. The van der Waals surface area contributed by atoms with Crippen LogP contribution < -0.4 is 4.74 Å². The lowest BCUT2D eigenvalue weighted by molar-refractivity contribution is 0.00104. The lowest BCUT2D eigenvalue weighted by Gasteiger charge is -2.47. The van der Waals surface area contributed by atoms with Crippen LogP contribution in [0.15, 0.2) is 89.7 Å². The van der Waals surface area contributed by atoms with Gasteiger partial charge in [0.2, 0.25) is 0 Å². The van der Waals surface area contributed by atoms with Crippen LogP contribution in [0, 0.1) is 12.8 Å². The Kier molecular flexibility index (Phi) is 7.74. The molecule has 5 heteroatoms. The number of benzene rings is 3. The zero-order chi connectivity index (χ0) is 28.4. The quantitative estimate of drug-likeness (QED) is 0.252. The molecule has 1 aromatic heterocycles. The monoisotopic (exact) mass is 545 g/mol. The fraction of sp³-hybridized carbons (Fsp3) is 0.333. The fourth-order valence-corrected chi connectivity index (χ4v) is 6.31. The second kappa shape index (κ2) is 11.6. The van der Waals surface area contributed by atoms with Gasteiger partial charge in [-0.25, -0.2) is 0 Å². The predicted molar refractivity (Wildman–Crippen MR) is 168 cm³/mol. The number of aryl methyl sites for hydroxylation is 1. The molecule has 3 aromatic carbocycles. The third-order valence-electron chi connectivity index (χ3n) is 8.35. The third kappa shape index (κ3) is 5.20. The first-order valence-electron chi connectivity index (χ1n) is 14.7. The number of aliphatic imine (C=N–C) groups is 1. The van der Waals surface area contributed by atoms with Gasteiger partial charge in [-0.05, 0) is 77.2 Å². The van der Waals surface area contributed by atoms with Gasteiger partial charge >= 0.3 is 0 Å². The summed E-state index contributed by atoms with van der Waals surface area (Å²) in [5.74, 6) is 1.29. The first-order valence-corrected chi connectivity index (χ1v) is 14.7. The summed E-state index contributed by atoms with van der Waals surface area (Å²) in [6.45, 7) is 12.3. The highest BCUT2D eigenvalue weighted by molar-refractivity contribution is 5.95. The molecule has 3 heterocycles. The van der Waals surface area contributed by atoms with E-state index in [4.69, 9.17) is 19.5 Å². The standard InChI is InChI=1S/C36H39N3O2/c1-25(2)23-37-24-27(4)36(39-15-18-40-19-16-39)31-11-9-29-12-14-38-35(33(29)21-31)30-7-5-6-28(20-30)13-17-41-34-22-32(36)10-8-26(34)3/h5-12,14,20-25H,13,15-19H2,1-4H3/b27-24+,37-23?. The van der Waals surface area contributed by atoms with Crippen LogP contribution in [-0.4, -0.2) is 49.0 Å². The SMILES string of the molecule is C/C(=C\N=CC(C)C)C1(N2CCOCC2)c2ccc(C)c(c2)OCCc2cccc(c2)-c2nccc3ccc1cc23. The van der Waals surface area contributed by atoms with Gasteiger partial charge in [-0.15, -0.1) is 0 Å². The van der Waals surface area contributed by atoms with Crippen LogP contribution in [0.1, 0.15) is 43.0 Å². The summed E-state index contributed by atoms with van der Waals surface area (Å²) in [6.07, 6.45) is 6.81. The molecule has 2 aliphatic heterocycles. The first kappa shape index (κ1) is 27.4. The molecule has 1 atom stereocenters. The van der Waals surface area contributed by atoms with Crippen LogP contribution in [0.4, 0.5) is 0 Å². The Bertz CT molecular complexity index is 1620. The van der Waals surface area contributed by atoms with Crippen molar-refractivity contribution in [2.24, 2.45) is 10.9 Å². The number of aromatic nitrogens is 1. The van der Waals surface area contributed by atoms with Crippen molar-refractivity contribution < 1.29 is 9.47 Å². The Morgan fingerprint density at radius 3 is 2.61 bits per heavy atom. The van der Waals surface area contributed by atoms with Gasteiger partial charge in [-0.3, -0.25) is 14.9 Å². The molecule has 0 amide bonds. The van der Waals surface area contributed by atoms with Crippen molar-refractivity contribution in [3.05, 3.63) is 107 Å². The molecule has 0 aliphatic carbocycles. The molecule has 4 aromatic rings. The van der Waals surface area contributed by atoms with Crippen LogP contribution in [0.2, 0.25) is 0 Å². The number of fused-ring (bicyclic) bond motifs is 6. The molecule has 0 N–H and O–H groups in total. The number of nitrogens with zero attached hydrogens (tertiary/aromatic N) is 3. The number of hydrogen-bond acceptors (Lipinski definition) is 5. The van der Waals surface area contributed by atoms with E-state index < -0.39 is 5.54 Å². The van der Waals surface area contributed by atoms with Crippen molar-refractivity contribution in [3.8, 4) is 17.0 Å². The van der Waals surface area contributed by atoms with Crippen LogP contribution in [-0.2, 0) is 16.7 Å². The summed E-state index contributed by atoms with van der Waals surface area (Å²) in [7, 11) is 0. The third-order valence-corrected chi connectivity index (χ3v) is 8.35. The zero-order valence-electron chi connectivity index (χ0n) is 24.6. The summed E-state index contributed by atoms with van der Waals surface area (Å²) in [5.41, 5.74) is 7.46. The maximum Gasteiger partial charge on any atom is 0.122 e. The topological polar surface area (TPSA) is 47.0 Å². The molecule has 1 saturated heterocycles. The summed E-state index contributed by atoms with van der Waals surface area (Å²) >= 11 is 0. The Balaban J connectivity index is 1.70. The molecule has 1 fully saturated rings. The van der Waals surface area contributed by atoms with Crippen molar-refractivity contribution in [2.45, 2.75) is 39.7 Å². The minimum absolute atomic E-state index is 0.367. The maximum atomic E-state index is 6.50. The predicted octanol–water partition coefficient (Wildman–Crippen LogP) is 7.35. The average molecular weight is 546 g/mol. The molecular formula is C36H39N3O2. The Morgan fingerprint density at radius 2 is 1.78 bits per heavy atom. The van der Waals surface area contributed by atoms with Crippen LogP contribution in [0.5, 0.6) is 5.75 Å². The minimum Gasteiger partial charge on any atom is -0.493 e. The number of pyridine rings is 1. The lowest BCUT2D eigenvalue weighted by atomic mass is 9.74. The Morgan fingerprint density at radius 1 is 0.976 bits per heavy atom. The summed E-state index contributed by atoms with van der Waals surface area (Å²) in [5, 5.41) is 2.33. The maximum absolute atomic E-state index is 6.50. The first-order chi connectivity index (χ1) is 20.0. The zero-order valence-corrected chi connectivity index (χ0v) is 24.6. The van der Waals surface area contributed by atoms with E-state index in [1.54, 1.807) is 0 Å². The summed E-state index contributed by atoms with van der Waals surface area (Å²) in [6, 6.07) is 24.4. The van der Waals surface area contributed by atoms with Crippen LogP contribution in [0.25, 0.3) is 22.0 Å². The molecule has 210 valence electrons. The molecule has 6 bridgehead atoms. The van der Waals surface area contributed by atoms with Gasteiger partial charge in [0.05, 0.1) is 31.1 Å².